The van der Waals surface area contributed by atoms with Crippen molar-refractivity contribution in [3.8, 4) is 0 Å². The quantitative estimate of drug-likeness (QED) is 0.423. The van der Waals surface area contributed by atoms with E-state index >= 15 is 0 Å². The smallest absolute Gasteiger partial charge is 0.0594 e. The Kier molecular flexibility index (Phi) is 0.787. The van der Waals surface area contributed by atoms with Crippen LogP contribution in [0, 0.1) is 0 Å². The highest BCUT2D eigenvalue weighted by atomic mass is 28.2. The van der Waals surface area contributed by atoms with Gasteiger partial charge in [0, 0.05) is 0 Å². The van der Waals surface area contributed by atoms with E-state index < -0.39 is 0 Å². The lowest BCUT2D eigenvalue weighted by molar-refractivity contribution is 1.36. The molecule has 1 aliphatic rings. The monoisotopic (exact) mass is 120 g/mol. The molecular formula is C7H8Si. The summed E-state index contributed by atoms with van der Waals surface area (Å²) in [6, 6.07) is 10.2. The van der Waals surface area contributed by atoms with Gasteiger partial charge in [-0.1, -0.05) is 35.0 Å². The minimum atomic E-state index is 0.253. The van der Waals surface area contributed by atoms with Crippen LogP contribution in [0.5, 0.6) is 0 Å². The van der Waals surface area contributed by atoms with Crippen molar-refractivity contribution >= 4 is 14.7 Å². The molecule has 2 rings (SSSR count). The Morgan fingerprint density at radius 1 is 1.25 bits per heavy atom. The van der Waals surface area contributed by atoms with Gasteiger partial charge in [-0.3, -0.25) is 0 Å². The zero-order chi connectivity index (χ0) is 5.40. The van der Waals surface area contributed by atoms with Crippen molar-refractivity contribution in [3.05, 3.63) is 29.8 Å². The predicted octanol–water partition coefficient (Wildman–Crippen LogP) is -0.00570. The summed E-state index contributed by atoms with van der Waals surface area (Å²) in [4.78, 5) is 0. The molecule has 0 radical (unpaired) electrons. The van der Waals surface area contributed by atoms with Gasteiger partial charge in [0.2, 0.25) is 0 Å². The molecule has 1 aromatic carbocycles. The maximum atomic E-state index is 2.27. The molecule has 1 aromatic rings. The molecule has 1 heterocycles. The van der Waals surface area contributed by atoms with E-state index in [0.717, 1.165) is 0 Å². The third-order valence-electron chi connectivity index (χ3n) is 1.78. The Balaban J connectivity index is 2.62. The second-order valence-electron chi connectivity index (χ2n) is 2.27. The molecule has 0 spiro atoms. The average molecular weight is 120 g/mol. The second kappa shape index (κ2) is 1.45. The summed E-state index contributed by atoms with van der Waals surface area (Å²) in [7, 11) is 0.253. The lowest BCUT2D eigenvalue weighted by atomic mass is 10.2. The van der Waals surface area contributed by atoms with Crippen LogP contribution in [0.25, 0.3) is 0 Å². The van der Waals surface area contributed by atoms with Crippen molar-refractivity contribution in [2.45, 2.75) is 6.04 Å². The Labute approximate surface area is 51.4 Å². The summed E-state index contributed by atoms with van der Waals surface area (Å²) in [5, 5.41) is 1.69. The molecule has 0 amide bonds. The highest BCUT2D eigenvalue weighted by molar-refractivity contribution is 6.58. The molecule has 0 nitrogen and oxygen atoms in total. The van der Waals surface area contributed by atoms with E-state index in [2.05, 4.69) is 24.3 Å². The lowest BCUT2D eigenvalue weighted by Crippen LogP contribution is -2.32. The van der Waals surface area contributed by atoms with Crippen molar-refractivity contribution in [3.63, 3.8) is 0 Å². The first-order chi connectivity index (χ1) is 3.97. The van der Waals surface area contributed by atoms with Crippen molar-refractivity contribution in [1.29, 1.82) is 0 Å². The van der Waals surface area contributed by atoms with Crippen molar-refractivity contribution in [2.75, 3.05) is 0 Å². The summed E-state index contributed by atoms with van der Waals surface area (Å²) in [5.74, 6) is 0. The molecule has 1 aliphatic heterocycles. The van der Waals surface area contributed by atoms with Gasteiger partial charge in [0.15, 0.2) is 0 Å². The minimum absolute atomic E-state index is 0.253. The highest BCUT2D eigenvalue weighted by Crippen LogP contribution is 2.03. The Bertz CT molecular complexity index is 182. The molecule has 0 aliphatic carbocycles. The number of rotatable bonds is 0. The third kappa shape index (κ3) is 0.449. The van der Waals surface area contributed by atoms with Gasteiger partial charge in [-0.15, -0.1) is 0 Å². The number of fused-ring (bicyclic) bond motifs is 1. The first-order valence-corrected chi connectivity index (χ1v) is 4.74. The summed E-state index contributed by atoms with van der Waals surface area (Å²) in [6.07, 6.45) is 0. The van der Waals surface area contributed by atoms with Crippen molar-refractivity contribution in [1.82, 2.24) is 0 Å². The van der Waals surface area contributed by atoms with E-state index in [9.17, 15) is 0 Å². The predicted molar refractivity (Wildman–Crippen MR) is 38.3 cm³/mol. The average Bonchev–Trinajstić information content (AvgIpc) is 1.72. The van der Waals surface area contributed by atoms with Gasteiger partial charge in [-0.2, -0.15) is 0 Å². The Morgan fingerprint density at radius 2 is 2.12 bits per heavy atom. The SMILES string of the molecule is c1ccc2c(c1)C[SiH2]2. The lowest BCUT2D eigenvalue weighted by Gasteiger charge is -2.15. The van der Waals surface area contributed by atoms with Gasteiger partial charge in [0.25, 0.3) is 0 Å². The maximum absolute atomic E-state index is 2.27. The zero-order valence-corrected chi connectivity index (χ0v) is 6.14. The van der Waals surface area contributed by atoms with Gasteiger partial charge in [-0.25, -0.2) is 0 Å². The highest BCUT2D eigenvalue weighted by Gasteiger charge is 2.09. The van der Waals surface area contributed by atoms with Gasteiger partial charge >= 0.3 is 0 Å². The second-order valence-corrected chi connectivity index (χ2v) is 4.03. The van der Waals surface area contributed by atoms with E-state index in [4.69, 9.17) is 0 Å². The topological polar surface area (TPSA) is 0 Å². The van der Waals surface area contributed by atoms with Crippen LogP contribution in [0.2, 0.25) is 0 Å². The van der Waals surface area contributed by atoms with Crippen molar-refractivity contribution < 1.29 is 0 Å². The van der Waals surface area contributed by atoms with Crippen LogP contribution in [0.4, 0.5) is 0 Å². The number of hydrogen-bond acceptors (Lipinski definition) is 0. The molecule has 0 atom stereocenters. The Morgan fingerprint density at radius 3 is 2.50 bits per heavy atom. The molecule has 0 N–H and O–H groups in total. The number of hydrogen-bond donors (Lipinski definition) is 0. The van der Waals surface area contributed by atoms with Crippen LogP contribution in [0.3, 0.4) is 0 Å². The molecular weight excluding hydrogens is 112 g/mol. The van der Waals surface area contributed by atoms with E-state index in [-0.39, 0.29) is 9.52 Å². The first kappa shape index (κ1) is 4.33. The molecule has 0 bridgehead atoms. The van der Waals surface area contributed by atoms with Crippen molar-refractivity contribution in [2.24, 2.45) is 0 Å². The maximum Gasteiger partial charge on any atom is 0.0594 e. The largest absolute Gasteiger partial charge is 0.0638 e. The van der Waals surface area contributed by atoms with Gasteiger partial charge in [-0.05, 0) is 6.04 Å². The summed E-state index contributed by atoms with van der Waals surface area (Å²) in [5.41, 5.74) is 1.61. The fourth-order valence-electron chi connectivity index (χ4n) is 1.14. The standard InChI is InChI=1S/C7H8Si/c1-2-4-7-6(3-1)5-8-7/h1-4H,5,8H2. The van der Waals surface area contributed by atoms with E-state index in [1.165, 1.54) is 6.04 Å². The van der Waals surface area contributed by atoms with Crippen LogP contribution in [0.15, 0.2) is 24.3 Å². The summed E-state index contributed by atoms with van der Waals surface area (Å²) in [6.45, 7) is 0. The molecule has 0 saturated carbocycles. The number of benzene rings is 1. The molecule has 40 valence electrons. The van der Waals surface area contributed by atoms with Gasteiger partial charge < -0.3 is 0 Å². The van der Waals surface area contributed by atoms with E-state index in [0.29, 0.717) is 0 Å². The van der Waals surface area contributed by atoms with Gasteiger partial charge in [0.1, 0.15) is 0 Å². The van der Waals surface area contributed by atoms with Crippen LogP contribution in [0.1, 0.15) is 5.56 Å². The fraction of sp³-hybridized carbons (Fsp3) is 0.143. The third-order valence-corrected chi connectivity index (χ3v) is 3.80. The molecule has 0 saturated heterocycles. The van der Waals surface area contributed by atoms with Crippen LogP contribution in [-0.4, -0.2) is 9.52 Å². The summed E-state index contributed by atoms with van der Waals surface area (Å²) >= 11 is 0. The molecule has 0 fully saturated rings. The van der Waals surface area contributed by atoms with Crippen LogP contribution < -0.4 is 5.19 Å². The molecule has 0 aromatic heterocycles. The minimum Gasteiger partial charge on any atom is -0.0638 e. The van der Waals surface area contributed by atoms with Gasteiger partial charge in [0.05, 0.1) is 9.52 Å². The zero-order valence-electron chi connectivity index (χ0n) is 4.72. The first-order valence-electron chi connectivity index (χ1n) is 3.03. The van der Waals surface area contributed by atoms with Crippen LogP contribution in [-0.2, 0) is 6.04 Å². The molecule has 0 unspecified atom stereocenters. The molecule has 1 heteroatoms. The Hall–Kier alpha value is -0.563. The van der Waals surface area contributed by atoms with E-state index in [1.54, 1.807) is 10.8 Å². The summed E-state index contributed by atoms with van der Waals surface area (Å²) < 4.78 is 0. The fourth-order valence-corrected chi connectivity index (χ4v) is 2.55. The molecule has 8 heavy (non-hydrogen) atoms. The van der Waals surface area contributed by atoms with E-state index in [1.807, 2.05) is 0 Å². The van der Waals surface area contributed by atoms with Crippen LogP contribution >= 0.6 is 0 Å². The normalized spacial score (nSPS) is 17.5.